The molecule has 0 spiro atoms. The number of carbonyl (C=O) groups is 1. The highest BCUT2D eigenvalue weighted by atomic mass is 35.5. The fraction of sp³-hybridized carbons (Fsp3) is 0.231. The van der Waals surface area contributed by atoms with Crippen LogP contribution in [-0.4, -0.2) is 43.5 Å². The van der Waals surface area contributed by atoms with Crippen LogP contribution in [0.25, 0.3) is 11.1 Å². The Kier molecular flexibility index (Phi) is 6.88. The van der Waals surface area contributed by atoms with E-state index in [0.717, 1.165) is 33.2 Å². The van der Waals surface area contributed by atoms with Crippen LogP contribution in [0.5, 0.6) is 5.75 Å². The molecule has 1 aromatic heterocycles. The second-order valence-electron chi connectivity index (χ2n) is 8.25. The van der Waals surface area contributed by atoms with Gasteiger partial charge in [-0.15, -0.1) is 23.5 Å². The molecule has 0 radical (unpaired) electrons. The van der Waals surface area contributed by atoms with Gasteiger partial charge in [0, 0.05) is 29.1 Å². The lowest BCUT2D eigenvalue weighted by Gasteiger charge is -2.47. The summed E-state index contributed by atoms with van der Waals surface area (Å²) >= 11 is 9.01. The maximum atomic E-state index is 13.3. The Balaban J connectivity index is 1.35. The molecule has 2 aromatic carbocycles. The number of rotatable bonds is 7. The van der Waals surface area contributed by atoms with Gasteiger partial charge >= 0.3 is 0 Å². The molecule has 2 N–H and O–H groups in total. The molecule has 0 aliphatic carbocycles. The molecule has 1 fully saturated rings. The van der Waals surface area contributed by atoms with Crippen molar-refractivity contribution in [2.24, 2.45) is 0 Å². The molecule has 1 amide bonds. The third kappa shape index (κ3) is 4.70. The van der Waals surface area contributed by atoms with Crippen LogP contribution in [0.4, 0.5) is 5.69 Å². The monoisotopic (exact) mass is 510 g/mol. The average molecular weight is 511 g/mol. The van der Waals surface area contributed by atoms with Gasteiger partial charge in [-0.25, -0.2) is 0 Å². The molecule has 8 heteroatoms. The van der Waals surface area contributed by atoms with Gasteiger partial charge in [0.25, 0.3) is 0 Å². The van der Waals surface area contributed by atoms with E-state index in [9.17, 15) is 15.0 Å². The third-order valence-electron chi connectivity index (χ3n) is 6.07. The number of carbonyl (C=O) groups excluding carboxylic acids is 1. The van der Waals surface area contributed by atoms with Crippen molar-refractivity contribution in [1.29, 1.82) is 0 Å². The third-order valence-corrected chi connectivity index (χ3v) is 9.05. The van der Waals surface area contributed by atoms with E-state index in [-0.39, 0.29) is 28.2 Å². The van der Waals surface area contributed by atoms with E-state index in [1.54, 1.807) is 23.2 Å². The average Bonchev–Trinajstić information content (AvgIpc) is 3.30. The Labute approximate surface area is 211 Å². The van der Waals surface area contributed by atoms with Gasteiger partial charge in [0.2, 0.25) is 5.91 Å². The number of β-lactam (4-membered cyclic amide) rings is 1. The minimum absolute atomic E-state index is 0.0136. The Morgan fingerprint density at radius 3 is 2.53 bits per heavy atom. The van der Waals surface area contributed by atoms with Crippen molar-refractivity contribution in [3.8, 4) is 16.9 Å². The maximum absolute atomic E-state index is 13.3. The number of phenolic OH excluding ortho intramolecular Hbond substituents is 1. The molecule has 34 heavy (non-hydrogen) atoms. The molecule has 5 rings (SSSR count). The highest BCUT2D eigenvalue weighted by molar-refractivity contribution is 8.05. The number of phenols is 1. The minimum Gasteiger partial charge on any atom is -0.508 e. The number of aromatic hydroxyl groups is 1. The van der Waals surface area contributed by atoms with E-state index < -0.39 is 6.10 Å². The summed E-state index contributed by atoms with van der Waals surface area (Å²) in [6.45, 7) is 0. The number of aliphatic hydroxyl groups is 1. The molecule has 1 saturated heterocycles. The lowest BCUT2D eigenvalue weighted by Crippen LogP contribution is -2.58. The Hall–Kier alpha value is -2.45. The summed E-state index contributed by atoms with van der Waals surface area (Å²) in [7, 11) is 0. The number of benzene rings is 2. The Morgan fingerprint density at radius 2 is 1.88 bits per heavy atom. The number of allylic oxidation sites excluding steroid dienone is 1. The summed E-state index contributed by atoms with van der Waals surface area (Å²) < 4.78 is 0.719. The number of halogens is 1. The normalized spacial score (nSPS) is 22.9. The molecule has 1 unspecified atom stereocenters. The van der Waals surface area contributed by atoms with Gasteiger partial charge in [-0.2, -0.15) is 0 Å². The predicted octanol–water partition coefficient (Wildman–Crippen LogP) is 5.59. The summed E-state index contributed by atoms with van der Waals surface area (Å²) in [5.74, 6) is 0.651. The van der Waals surface area contributed by atoms with Crippen molar-refractivity contribution in [3.63, 3.8) is 0 Å². The molecule has 3 heterocycles. The van der Waals surface area contributed by atoms with Gasteiger partial charge in [0.1, 0.15) is 11.0 Å². The summed E-state index contributed by atoms with van der Waals surface area (Å²) in [5.41, 5.74) is 3.80. The first-order chi connectivity index (χ1) is 16.5. The zero-order valence-electron chi connectivity index (χ0n) is 18.1. The number of hydrogen-bond donors (Lipinski definition) is 2. The second-order valence-corrected chi connectivity index (χ2v) is 11.3. The smallest absolute Gasteiger partial charge is 0.243 e. The molecule has 5 nitrogen and oxygen atoms in total. The zero-order valence-corrected chi connectivity index (χ0v) is 20.5. The van der Waals surface area contributed by atoms with E-state index in [4.69, 9.17) is 11.6 Å². The number of nitrogens with zero attached hydrogens (tertiary/aromatic N) is 2. The number of hydrogen-bond acceptors (Lipinski definition) is 6. The van der Waals surface area contributed by atoms with Crippen molar-refractivity contribution >= 4 is 46.7 Å². The number of aliphatic hydroxyl groups excluding tert-OH is 1. The zero-order chi connectivity index (χ0) is 23.7. The maximum Gasteiger partial charge on any atom is 0.243 e. The van der Waals surface area contributed by atoms with Gasteiger partial charge in [-0.3, -0.25) is 9.78 Å². The van der Waals surface area contributed by atoms with Gasteiger partial charge in [-0.05, 0) is 53.4 Å². The molecule has 3 aromatic rings. The van der Waals surface area contributed by atoms with E-state index in [0.29, 0.717) is 5.75 Å². The number of anilines is 1. The number of amides is 1. The van der Waals surface area contributed by atoms with E-state index in [2.05, 4.69) is 4.98 Å². The SMILES string of the molecule is O=C1[C@H](SC[C@H](O)C2CC=C(Cl)S2)[C@@H](c2ccc(O)cc2)N1c1ccc(-c2cccnc2)cc1. The summed E-state index contributed by atoms with van der Waals surface area (Å²) in [4.78, 5) is 19.3. The number of pyridine rings is 1. The molecule has 174 valence electrons. The largest absolute Gasteiger partial charge is 0.508 e. The standard InChI is InChI=1S/C26H23ClN2O3S2/c27-23-12-11-22(34-23)21(31)15-33-25-24(17-5-9-20(30)10-6-17)29(26(25)32)19-7-3-16(4-8-19)18-2-1-13-28-14-18/h1-10,12-14,21-22,24-25,30-31H,11,15H2/t21-,22?,24+,25+/m0/s1. The van der Waals surface area contributed by atoms with Crippen LogP contribution in [0, 0.1) is 0 Å². The van der Waals surface area contributed by atoms with Gasteiger partial charge in [0.05, 0.1) is 16.5 Å². The van der Waals surface area contributed by atoms with Crippen LogP contribution in [0.15, 0.2) is 83.5 Å². The van der Waals surface area contributed by atoms with Crippen molar-refractivity contribution < 1.29 is 15.0 Å². The Morgan fingerprint density at radius 1 is 1.12 bits per heavy atom. The van der Waals surface area contributed by atoms with Crippen LogP contribution < -0.4 is 4.90 Å². The molecule has 2 aliphatic rings. The summed E-state index contributed by atoms with van der Waals surface area (Å²) in [6, 6.07) is 18.6. The van der Waals surface area contributed by atoms with Crippen LogP contribution in [-0.2, 0) is 4.79 Å². The fourth-order valence-corrected chi connectivity index (χ4v) is 7.09. The van der Waals surface area contributed by atoms with Crippen molar-refractivity contribution in [2.45, 2.75) is 29.1 Å². The van der Waals surface area contributed by atoms with Crippen LogP contribution in [0.1, 0.15) is 18.0 Å². The van der Waals surface area contributed by atoms with E-state index in [1.165, 1.54) is 23.5 Å². The molecule has 4 atom stereocenters. The number of thioether (sulfide) groups is 2. The van der Waals surface area contributed by atoms with Gasteiger partial charge in [-0.1, -0.05) is 48.0 Å². The highest BCUT2D eigenvalue weighted by Crippen LogP contribution is 2.46. The van der Waals surface area contributed by atoms with Crippen LogP contribution in [0.2, 0.25) is 0 Å². The quantitative estimate of drug-likeness (QED) is 0.404. The lowest BCUT2D eigenvalue weighted by atomic mass is 9.92. The first kappa shape index (κ1) is 23.3. The fourth-order valence-electron chi connectivity index (χ4n) is 4.25. The van der Waals surface area contributed by atoms with Crippen LogP contribution >= 0.6 is 35.1 Å². The van der Waals surface area contributed by atoms with Crippen LogP contribution in [0.3, 0.4) is 0 Å². The second kappa shape index (κ2) is 10.0. The van der Waals surface area contributed by atoms with Gasteiger partial charge < -0.3 is 15.1 Å². The van der Waals surface area contributed by atoms with Crippen molar-refractivity contribution in [3.05, 3.63) is 89.1 Å². The van der Waals surface area contributed by atoms with Gasteiger partial charge in [0.15, 0.2) is 0 Å². The van der Waals surface area contributed by atoms with Crippen molar-refractivity contribution in [1.82, 2.24) is 4.98 Å². The molecular weight excluding hydrogens is 488 g/mol. The molecule has 0 saturated carbocycles. The molecule has 2 aliphatic heterocycles. The summed E-state index contributed by atoms with van der Waals surface area (Å²) in [6.07, 6.45) is 5.66. The Bertz CT molecular complexity index is 1190. The first-order valence-corrected chi connectivity index (χ1v) is 13.3. The topological polar surface area (TPSA) is 73.7 Å². The predicted molar refractivity (Wildman–Crippen MR) is 140 cm³/mol. The van der Waals surface area contributed by atoms with E-state index in [1.807, 2.05) is 60.8 Å². The molecule has 0 bridgehead atoms. The highest BCUT2D eigenvalue weighted by Gasteiger charge is 2.49. The minimum atomic E-state index is -0.552. The summed E-state index contributed by atoms with van der Waals surface area (Å²) in [5, 5.41) is 20.1. The van der Waals surface area contributed by atoms with E-state index >= 15 is 0 Å². The molecular formula is C26H23ClN2O3S2. The number of aromatic nitrogens is 1. The lowest BCUT2D eigenvalue weighted by molar-refractivity contribution is -0.123. The van der Waals surface area contributed by atoms with Crippen molar-refractivity contribution in [2.75, 3.05) is 10.7 Å². The first-order valence-electron chi connectivity index (χ1n) is 11.0.